The monoisotopic (exact) mass is 249 g/mol. The van der Waals surface area contributed by atoms with E-state index in [9.17, 15) is 4.79 Å². The van der Waals surface area contributed by atoms with Gasteiger partial charge in [0, 0.05) is 30.7 Å². The molecule has 0 radical (unpaired) electrons. The van der Waals surface area contributed by atoms with E-state index in [1.165, 1.54) is 5.56 Å². The number of nitrogens with two attached hydrogens (primary N) is 1. The van der Waals surface area contributed by atoms with Gasteiger partial charge in [-0.3, -0.25) is 4.79 Å². The first kappa shape index (κ1) is 14.5. The van der Waals surface area contributed by atoms with Crippen LogP contribution in [0.1, 0.15) is 25.8 Å². The van der Waals surface area contributed by atoms with Gasteiger partial charge in [-0.05, 0) is 38.5 Å². The normalized spacial score (nSPS) is 12.3. The van der Waals surface area contributed by atoms with E-state index in [2.05, 4.69) is 10.6 Å². The highest BCUT2D eigenvalue weighted by molar-refractivity contribution is 5.77. The predicted octanol–water partition coefficient (Wildman–Crippen LogP) is 1.65. The molecule has 0 aromatic heterocycles. The van der Waals surface area contributed by atoms with E-state index in [4.69, 9.17) is 5.73 Å². The third-order valence-corrected chi connectivity index (χ3v) is 2.55. The van der Waals surface area contributed by atoms with E-state index in [-0.39, 0.29) is 18.0 Å². The van der Waals surface area contributed by atoms with Crippen molar-refractivity contribution in [1.29, 1.82) is 0 Å². The maximum absolute atomic E-state index is 11.7. The van der Waals surface area contributed by atoms with Crippen LogP contribution in [0.2, 0.25) is 0 Å². The minimum Gasteiger partial charge on any atom is -0.381 e. The summed E-state index contributed by atoms with van der Waals surface area (Å²) in [5, 5.41) is 6.16. The van der Waals surface area contributed by atoms with Crippen molar-refractivity contribution in [2.24, 2.45) is 5.73 Å². The van der Waals surface area contributed by atoms with Crippen LogP contribution in [0, 0.1) is 6.92 Å². The van der Waals surface area contributed by atoms with Crippen molar-refractivity contribution in [2.75, 3.05) is 11.9 Å². The molecule has 4 nitrogen and oxygen atoms in total. The Labute approximate surface area is 109 Å². The fourth-order valence-electron chi connectivity index (χ4n) is 1.77. The molecule has 0 spiro atoms. The molecule has 1 rings (SSSR count). The smallest absolute Gasteiger partial charge is 0.222 e. The summed E-state index contributed by atoms with van der Waals surface area (Å²) in [5.41, 5.74) is 7.88. The van der Waals surface area contributed by atoms with Gasteiger partial charge in [0.25, 0.3) is 0 Å². The summed E-state index contributed by atoms with van der Waals surface area (Å²) < 4.78 is 0. The first-order chi connectivity index (χ1) is 8.51. The Morgan fingerprint density at radius 3 is 2.67 bits per heavy atom. The Kier molecular flexibility index (Phi) is 5.65. The summed E-state index contributed by atoms with van der Waals surface area (Å²) in [7, 11) is 0. The summed E-state index contributed by atoms with van der Waals surface area (Å²) >= 11 is 0. The maximum Gasteiger partial charge on any atom is 0.222 e. The van der Waals surface area contributed by atoms with Gasteiger partial charge in [0.2, 0.25) is 5.91 Å². The summed E-state index contributed by atoms with van der Waals surface area (Å²) in [6.45, 7) is 6.36. The molecule has 0 aliphatic carbocycles. The van der Waals surface area contributed by atoms with E-state index < -0.39 is 0 Å². The zero-order valence-electron chi connectivity index (χ0n) is 11.4. The van der Waals surface area contributed by atoms with Crippen LogP contribution in [-0.4, -0.2) is 24.5 Å². The molecule has 0 aliphatic rings. The molecule has 1 aromatic carbocycles. The molecule has 0 heterocycles. The average Bonchev–Trinajstić information content (AvgIpc) is 2.27. The van der Waals surface area contributed by atoms with E-state index in [0.29, 0.717) is 13.0 Å². The van der Waals surface area contributed by atoms with Crippen LogP contribution in [-0.2, 0) is 4.79 Å². The van der Waals surface area contributed by atoms with Gasteiger partial charge in [0.05, 0.1) is 0 Å². The van der Waals surface area contributed by atoms with Crippen LogP contribution in [0.25, 0.3) is 0 Å². The Morgan fingerprint density at radius 1 is 1.39 bits per heavy atom. The van der Waals surface area contributed by atoms with Crippen molar-refractivity contribution < 1.29 is 4.79 Å². The van der Waals surface area contributed by atoms with Gasteiger partial charge >= 0.3 is 0 Å². The number of anilines is 1. The molecular formula is C14H23N3O. The number of carbonyl (C=O) groups is 1. The number of hydrogen-bond donors (Lipinski definition) is 3. The summed E-state index contributed by atoms with van der Waals surface area (Å²) in [4.78, 5) is 11.7. The Hall–Kier alpha value is -1.55. The predicted molar refractivity (Wildman–Crippen MR) is 75.5 cm³/mol. The molecule has 0 saturated heterocycles. The van der Waals surface area contributed by atoms with Gasteiger partial charge in [-0.15, -0.1) is 0 Å². The summed E-state index contributed by atoms with van der Waals surface area (Å²) in [5.74, 6) is 0.0283. The van der Waals surface area contributed by atoms with Gasteiger partial charge < -0.3 is 16.4 Å². The van der Waals surface area contributed by atoms with Crippen LogP contribution in [0.3, 0.4) is 0 Å². The van der Waals surface area contributed by atoms with Crippen molar-refractivity contribution >= 4 is 11.6 Å². The van der Waals surface area contributed by atoms with E-state index >= 15 is 0 Å². The molecule has 18 heavy (non-hydrogen) atoms. The molecule has 0 bridgehead atoms. The van der Waals surface area contributed by atoms with Crippen LogP contribution >= 0.6 is 0 Å². The second kappa shape index (κ2) is 7.01. The number of rotatable bonds is 6. The van der Waals surface area contributed by atoms with Crippen molar-refractivity contribution in [2.45, 2.75) is 39.3 Å². The van der Waals surface area contributed by atoms with Gasteiger partial charge in [-0.25, -0.2) is 0 Å². The molecule has 4 N–H and O–H groups in total. The maximum atomic E-state index is 11.7. The Morgan fingerprint density at radius 2 is 2.11 bits per heavy atom. The second-order valence-corrected chi connectivity index (χ2v) is 4.87. The van der Waals surface area contributed by atoms with Crippen molar-refractivity contribution in [1.82, 2.24) is 5.32 Å². The lowest BCUT2D eigenvalue weighted by Crippen LogP contribution is -2.38. The molecule has 0 aliphatic heterocycles. The van der Waals surface area contributed by atoms with Crippen LogP contribution < -0.4 is 16.4 Å². The molecule has 0 saturated carbocycles. The van der Waals surface area contributed by atoms with E-state index in [1.54, 1.807) is 0 Å². The fourth-order valence-corrected chi connectivity index (χ4v) is 1.77. The van der Waals surface area contributed by atoms with Gasteiger partial charge in [-0.2, -0.15) is 0 Å². The van der Waals surface area contributed by atoms with Gasteiger partial charge in [-0.1, -0.05) is 12.1 Å². The minimum atomic E-state index is -0.0365. The first-order valence-electron chi connectivity index (χ1n) is 6.34. The minimum absolute atomic E-state index is 0.0283. The van der Waals surface area contributed by atoms with Crippen molar-refractivity contribution in [3.63, 3.8) is 0 Å². The molecule has 0 fully saturated rings. The van der Waals surface area contributed by atoms with Gasteiger partial charge in [0.1, 0.15) is 0 Å². The molecule has 1 amide bonds. The molecule has 1 atom stereocenters. The average molecular weight is 249 g/mol. The lowest BCUT2D eigenvalue weighted by Gasteiger charge is -2.19. The fraction of sp³-hybridized carbons (Fsp3) is 0.500. The molecule has 100 valence electrons. The Bertz CT molecular complexity index is 390. The summed E-state index contributed by atoms with van der Waals surface area (Å²) in [6, 6.07) is 8.17. The topological polar surface area (TPSA) is 67.1 Å². The highest BCUT2D eigenvalue weighted by Gasteiger charge is 2.12. The standard InChI is InChI=1S/C14H23N3O/c1-10(2)16-14(18)8-13(9-15)17-12-6-4-5-11(3)7-12/h4-7,10,13,17H,8-9,15H2,1-3H3,(H,16,18). The second-order valence-electron chi connectivity index (χ2n) is 4.87. The lowest BCUT2D eigenvalue weighted by atomic mass is 10.1. The lowest BCUT2D eigenvalue weighted by molar-refractivity contribution is -0.121. The Balaban J connectivity index is 2.54. The van der Waals surface area contributed by atoms with Crippen LogP contribution in [0.5, 0.6) is 0 Å². The number of benzene rings is 1. The molecule has 4 heteroatoms. The number of amides is 1. The van der Waals surface area contributed by atoms with E-state index in [0.717, 1.165) is 5.69 Å². The van der Waals surface area contributed by atoms with Crippen LogP contribution in [0.15, 0.2) is 24.3 Å². The summed E-state index contributed by atoms with van der Waals surface area (Å²) in [6.07, 6.45) is 0.391. The van der Waals surface area contributed by atoms with Gasteiger partial charge in [0.15, 0.2) is 0 Å². The molecule has 1 aromatic rings. The largest absolute Gasteiger partial charge is 0.381 e. The number of aryl methyl sites for hydroxylation is 1. The SMILES string of the molecule is Cc1cccc(NC(CN)CC(=O)NC(C)C)c1. The van der Waals surface area contributed by atoms with Crippen LogP contribution in [0.4, 0.5) is 5.69 Å². The molecular weight excluding hydrogens is 226 g/mol. The zero-order valence-corrected chi connectivity index (χ0v) is 11.4. The van der Waals surface area contributed by atoms with Crippen molar-refractivity contribution in [3.05, 3.63) is 29.8 Å². The number of carbonyl (C=O) groups excluding carboxylic acids is 1. The third-order valence-electron chi connectivity index (χ3n) is 2.55. The number of hydrogen-bond acceptors (Lipinski definition) is 3. The highest BCUT2D eigenvalue weighted by Crippen LogP contribution is 2.11. The molecule has 1 unspecified atom stereocenters. The first-order valence-corrected chi connectivity index (χ1v) is 6.34. The zero-order chi connectivity index (χ0) is 13.5. The highest BCUT2D eigenvalue weighted by atomic mass is 16.1. The third kappa shape index (κ3) is 5.19. The van der Waals surface area contributed by atoms with E-state index in [1.807, 2.05) is 45.0 Å². The quantitative estimate of drug-likeness (QED) is 0.718. The van der Waals surface area contributed by atoms with Crippen molar-refractivity contribution in [3.8, 4) is 0 Å². The number of nitrogens with one attached hydrogen (secondary N) is 2.